The molecule has 1 aromatic rings. The van der Waals surface area contributed by atoms with Crippen LogP contribution < -0.4 is 58.7 Å². The molecule has 36 nitrogen and oxygen atoms in total. The molecule has 12 amide bonds. The summed E-state index contributed by atoms with van der Waals surface area (Å²) in [5.41, 5.74) is 11.9. The highest BCUT2D eigenvalue weighted by atomic mass is 16.5. The molecule has 16 unspecified atom stereocenters. The van der Waals surface area contributed by atoms with Crippen LogP contribution in [-0.2, 0) is 78.3 Å². The number of carboxylic acid groups (broad SMARTS) is 1. The van der Waals surface area contributed by atoms with Gasteiger partial charge in [-0.1, -0.05) is 131 Å². The van der Waals surface area contributed by atoms with E-state index in [9.17, 15) is 108 Å². The number of nitrogens with two attached hydrogens (primary N) is 2. The first-order valence-corrected chi connectivity index (χ1v) is 38.4. The highest BCUT2D eigenvalue weighted by Gasteiger charge is 2.45. The van der Waals surface area contributed by atoms with E-state index in [1.54, 1.807) is 39.8 Å². The van der Waals surface area contributed by atoms with E-state index in [0.717, 1.165) is 41.0 Å². The summed E-state index contributed by atoms with van der Waals surface area (Å²) in [7, 11) is 1.53. The molecule has 16 atom stereocenters. The van der Waals surface area contributed by atoms with Gasteiger partial charge in [-0.3, -0.25) is 57.5 Å². The van der Waals surface area contributed by atoms with Crippen molar-refractivity contribution in [2.45, 2.75) is 309 Å². The summed E-state index contributed by atoms with van der Waals surface area (Å²) in [6.07, 6.45) is 1.55. The van der Waals surface area contributed by atoms with Crippen molar-refractivity contribution in [2.24, 2.45) is 23.3 Å². The summed E-state index contributed by atoms with van der Waals surface area (Å²) < 4.78 is 11.1. The number of carboxylic acids is 1. The zero-order valence-electron chi connectivity index (χ0n) is 66.8. The van der Waals surface area contributed by atoms with Gasteiger partial charge in [0.2, 0.25) is 70.9 Å². The molecule has 632 valence electrons. The largest absolute Gasteiger partial charge is 0.496 e. The Morgan fingerprint density at radius 2 is 1.08 bits per heavy atom. The molecule has 1 heterocycles. The second-order valence-electron chi connectivity index (χ2n) is 29.3. The van der Waals surface area contributed by atoms with Crippen LogP contribution in [0.3, 0.4) is 0 Å². The predicted molar refractivity (Wildman–Crippen MR) is 405 cm³/mol. The number of aliphatic hydroxyl groups excluding tert-OH is 7. The van der Waals surface area contributed by atoms with E-state index in [1.165, 1.54) is 80.3 Å². The highest BCUT2D eigenvalue weighted by Crippen LogP contribution is 2.23. The zero-order chi connectivity index (χ0) is 84.5. The smallest absolute Gasteiger partial charge is 0.328 e. The molecule has 20 N–H and O–H groups in total. The molecule has 0 saturated carbocycles. The second kappa shape index (κ2) is 52.5. The fourth-order valence-corrected chi connectivity index (χ4v) is 12.0. The number of amides is 12. The maximum Gasteiger partial charge on any atom is 0.328 e. The van der Waals surface area contributed by atoms with Crippen molar-refractivity contribution in [2.75, 3.05) is 33.3 Å². The minimum absolute atomic E-state index is 0.0217. The van der Waals surface area contributed by atoms with Crippen molar-refractivity contribution >= 4 is 82.8 Å². The first kappa shape index (κ1) is 100. The third-order valence-corrected chi connectivity index (χ3v) is 18.2. The van der Waals surface area contributed by atoms with Crippen LogP contribution in [0.2, 0.25) is 0 Å². The van der Waals surface area contributed by atoms with Gasteiger partial charge in [0, 0.05) is 25.4 Å². The fourth-order valence-electron chi connectivity index (χ4n) is 12.0. The number of benzene rings is 1. The molecule has 1 aliphatic heterocycles. The number of primary amides is 2. The van der Waals surface area contributed by atoms with Crippen molar-refractivity contribution < 1.29 is 117 Å². The van der Waals surface area contributed by atoms with Gasteiger partial charge >= 0.3 is 11.9 Å². The van der Waals surface area contributed by atoms with Crippen LogP contribution in [0.25, 0.3) is 0 Å². The number of aliphatic carboxylic acids is 1. The first-order valence-electron chi connectivity index (χ1n) is 38.4. The lowest BCUT2D eigenvalue weighted by Crippen LogP contribution is -2.62. The lowest BCUT2D eigenvalue weighted by atomic mass is 9.99. The lowest BCUT2D eigenvalue weighted by molar-refractivity contribution is -0.156. The van der Waals surface area contributed by atoms with Crippen molar-refractivity contribution in [3.8, 4) is 5.75 Å². The van der Waals surface area contributed by atoms with E-state index in [0.29, 0.717) is 30.6 Å². The lowest BCUT2D eigenvalue weighted by Gasteiger charge is -2.32. The number of methoxy groups -OCH3 is 1. The van der Waals surface area contributed by atoms with Crippen LogP contribution in [0.15, 0.2) is 18.2 Å². The minimum Gasteiger partial charge on any atom is -0.496 e. The number of hydrogen-bond acceptors (Lipinski definition) is 23. The number of nitrogens with zero attached hydrogens (tertiary/aromatic N) is 2. The monoisotopic (exact) mass is 1580 g/mol. The molecule has 1 aromatic carbocycles. The van der Waals surface area contributed by atoms with Crippen LogP contribution in [-0.4, -0.2) is 264 Å². The Morgan fingerprint density at radius 1 is 0.568 bits per heavy atom. The van der Waals surface area contributed by atoms with E-state index in [2.05, 4.69) is 49.5 Å². The number of nitrogens with one attached hydrogen (secondary N) is 8. The Hall–Kier alpha value is -8.68. The second-order valence-corrected chi connectivity index (χ2v) is 29.3. The summed E-state index contributed by atoms with van der Waals surface area (Å²) in [6, 6.07) is -6.18. The quantitative estimate of drug-likeness (QED) is 0.0259. The minimum atomic E-state index is -1.72. The topological polar surface area (TPSA) is 574 Å². The van der Waals surface area contributed by atoms with Crippen LogP contribution in [0, 0.1) is 18.8 Å². The number of carbonyl (C=O) groups excluding carboxylic acids is 13. The Bertz CT molecular complexity index is 3150. The summed E-state index contributed by atoms with van der Waals surface area (Å²) in [4.78, 5) is 181. The molecule has 0 bridgehead atoms. The first-order chi connectivity index (χ1) is 52.0. The Labute approximate surface area is 650 Å². The maximum atomic E-state index is 14.1. The van der Waals surface area contributed by atoms with Gasteiger partial charge < -0.3 is 114 Å². The third-order valence-electron chi connectivity index (χ3n) is 18.2. The van der Waals surface area contributed by atoms with E-state index < -0.39 is 218 Å². The van der Waals surface area contributed by atoms with Crippen molar-refractivity contribution in [3.63, 3.8) is 0 Å². The van der Waals surface area contributed by atoms with Gasteiger partial charge in [0.25, 0.3) is 0 Å². The SMILES string of the molecule is CCCCCCCCCCCCCC(CC(=O)NC(C(=O)O)C(C)O)OC(=O)C(CCCC)NC(=O)C(NC(=O)CNC(=O)CC(O)CC(N)=O)C(C)O.COc1ccc(CC(NC(=O)C(C)C)C(=O)NC(C(=O)N(CC(=O)NC(C(=O)NC(C(=O)N2CCC(O)C2C(N)=O)C(C)O)C(C)O)CC(C)O)C(C)C)cc1C. The average Bonchev–Trinajstić information content (AvgIpc) is 1.71. The van der Waals surface area contributed by atoms with Crippen molar-refractivity contribution in [3.05, 3.63) is 29.3 Å². The summed E-state index contributed by atoms with van der Waals surface area (Å²) in [6.45, 7) is 16.9. The summed E-state index contributed by atoms with van der Waals surface area (Å²) >= 11 is 0. The normalized spacial score (nSPS) is 17.1. The number of likely N-dealkylation sites (tertiary alicyclic amines) is 1. The molecule has 111 heavy (non-hydrogen) atoms. The van der Waals surface area contributed by atoms with Crippen LogP contribution in [0.1, 0.15) is 209 Å². The van der Waals surface area contributed by atoms with Gasteiger partial charge in [-0.05, 0) is 90.3 Å². The number of unbranched alkanes of at least 4 members (excludes halogenated alkanes) is 11. The molecule has 0 aliphatic carbocycles. The molecule has 0 radical (unpaired) electrons. The van der Waals surface area contributed by atoms with Crippen molar-refractivity contribution in [1.82, 2.24) is 52.3 Å². The number of aliphatic hydroxyl groups is 7. The van der Waals surface area contributed by atoms with Crippen molar-refractivity contribution in [1.29, 1.82) is 0 Å². The standard InChI is InChI=1S/C38H61N7O12.C37H67N5O12/c1-18(2)29(42-35(53)25(40-34(52)19(3)4)15-24-10-11-27(57-9)20(5)14-24)37(55)44(16-21(6)46)17-28(50)41-30(22(7)47)36(54)43-31(23(8)48)38(56)45-13-12-26(49)32(45)33(39)51;1-5-7-9-10-11-12-13-14-15-16-17-18-27(22-31(48)41-34(25(4)44)36(51)52)54-37(53)28(19-8-6-2)40-35(50)33(24(3)43)42-32(49)23-39-30(47)21-26(45)20-29(38)46/h10-11,14,18-19,21-23,25-26,29-32,46-49H,12-13,15-17H2,1-9H3,(H2,39,51)(H,40,52)(H,41,50)(H,42,53)(H,43,54);24-28,33-34,43-45H,5-23H2,1-4H3,(H2,38,46)(H,39,47)(H,40,50)(H,41,48)(H,42,49)(H,51,52). The average molecular weight is 1580 g/mol. The Kier molecular flexibility index (Phi) is 47.5. The van der Waals surface area contributed by atoms with Crippen LogP contribution in [0.5, 0.6) is 5.75 Å². The van der Waals surface area contributed by atoms with Gasteiger partial charge in [0.05, 0.1) is 82.2 Å². The van der Waals surface area contributed by atoms with Gasteiger partial charge in [0.15, 0.2) is 6.04 Å². The summed E-state index contributed by atoms with van der Waals surface area (Å²) in [5, 5.41) is 99.9. The van der Waals surface area contributed by atoms with Gasteiger partial charge in [-0.25, -0.2) is 9.59 Å². The molecular formula is C75H128N12O24. The number of ether oxygens (including phenoxy) is 2. The fraction of sp³-hybridized carbons (Fsp3) is 0.733. The molecule has 2 rings (SSSR count). The molecule has 1 saturated heterocycles. The Morgan fingerprint density at radius 3 is 1.57 bits per heavy atom. The molecule has 1 aliphatic rings. The number of aryl methyl sites for hydroxylation is 1. The van der Waals surface area contributed by atoms with Gasteiger partial charge in [-0.15, -0.1) is 0 Å². The van der Waals surface area contributed by atoms with E-state index in [1.807, 2.05) is 19.9 Å². The molecular weight excluding hydrogens is 1450 g/mol. The van der Waals surface area contributed by atoms with E-state index in [-0.39, 0.29) is 45.2 Å². The predicted octanol–water partition coefficient (Wildman–Crippen LogP) is -1.56. The number of hydrogen-bond donors (Lipinski definition) is 18. The third kappa shape index (κ3) is 38.4. The number of esters is 1. The van der Waals surface area contributed by atoms with E-state index in [4.69, 9.17) is 20.9 Å². The maximum absolute atomic E-state index is 14.1. The molecule has 1 fully saturated rings. The summed E-state index contributed by atoms with van der Waals surface area (Å²) in [5.74, 6) is -12.6. The van der Waals surface area contributed by atoms with Crippen LogP contribution >= 0.6 is 0 Å². The molecule has 0 spiro atoms. The highest BCUT2D eigenvalue weighted by molar-refractivity contribution is 5.98. The number of carbonyl (C=O) groups is 14. The Balaban J connectivity index is 0.00000111. The molecule has 0 aromatic heterocycles. The van der Waals surface area contributed by atoms with Crippen LogP contribution in [0.4, 0.5) is 0 Å². The molecule has 36 heteroatoms. The zero-order valence-corrected chi connectivity index (χ0v) is 66.8. The number of rotatable bonds is 52. The van der Waals surface area contributed by atoms with Gasteiger partial charge in [-0.2, -0.15) is 0 Å². The van der Waals surface area contributed by atoms with E-state index >= 15 is 0 Å². The van der Waals surface area contributed by atoms with Gasteiger partial charge in [0.1, 0.15) is 54.1 Å².